The van der Waals surface area contributed by atoms with Crippen molar-refractivity contribution in [2.45, 2.75) is 51.1 Å². The number of nitrogens with two attached hydrogens (primary N) is 1. The first-order valence-corrected chi connectivity index (χ1v) is 7.84. The maximum absolute atomic E-state index is 13.2. The highest BCUT2D eigenvalue weighted by molar-refractivity contribution is 5.16. The van der Waals surface area contributed by atoms with Crippen molar-refractivity contribution in [3.63, 3.8) is 0 Å². The van der Waals surface area contributed by atoms with Crippen LogP contribution < -0.4 is 5.73 Å². The van der Waals surface area contributed by atoms with Crippen molar-refractivity contribution >= 4 is 0 Å². The largest absolute Gasteiger partial charge is 0.329 e. The molecular formula is C17H27FN2. The molecular weight excluding hydrogens is 251 g/mol. The third-order valence-corrected chi connectivity index (χ3v) is 4.55. The summed E-state index contributed by atoms with van der Waals surface area (Å²) >= 11 is 0. The van der Waals surface area contributed by atoms with E-state index in [0.717, 1.165) is 18.0 Å². The normalized spacial score (nSPS) is 18.4. The molecule has 0 amide bonds. The van der Waals surface area contributed by atoms with E-state index in [1.165, 1.54) is 44.6 Å². The highest BCUT2D eigenvalue weighted by Gasteiger charge is 2.21. The quantitative estimate of drug-likeness (QED) is 0.862. The van der Waals surface area contributed by atoms with Gasteiger partial charge in [0.1, 0.15) is 5.82 Å². The van der Waals surface area contributed by atoms with Gasteiger partial charge in [-0.25, -0.2) is 4.39 Å². The summed E-state index contributed by atoms with van der Waals surface area (Å²) in [6.07, 6.45) is 8.02. The van der Waals surface area contributed by atoms with Crippen LogP contribution in [0.5, 0.6) is 0 Å². The number of nitrogens with zero attached hydrogens (tertiary/aromatic N) is 1. The average molecular weight is 278 g/mol. The Bertz CT molecular complexity index is 402. The molecule has 0 saturated heterocycles. The van der Waals surface area contributed by atoms with Gasteiger partial charge in [0.05, 0.1) is 0 Å². The standard InChI is InChI=1S/C17H27FN2/c1-20(13-15-8-5-9-16(18)10-15)17(12-19)11-14-6-3-2-4-7-14/h5,8-10,14,17H,2-4,6-7,11-13,19H2,1H3. The predicted octanol–water partition coefficient (Wildman–Crippen LogP) is 3.56. The molecule has 1 atom stereocenters. The van der Waals surface area contributed by atoms with Crippen molar-refractivity contribution < 1.29 is 4.39 Å². The fourth-order valence-electron chi connectivity index (χ4n) is 3.32. The third-order valence-electron chi connectivity index (χ3n) is 4.55. The first-order chi connectivity index (χ1) is 9.69. The number of hydrogen-bond donors (Lipinski definition) is 1. The van der Waals surface area contributed by atoms with Gasteiger partial charge < -0.3 is 5.73 Å². The topological polar surface area (TPSA) is 29.3 Å². The molecule has 1 aliphatic carbocycles. The number of hydrogen-bond acceptors (Lipinski definition) is 2. The van der Waals surface area contributed by atoms with Gasteiger partial charge in [-0.2, -0.15) is 0 Å². The average Bonchev–Trinajstić information content (AvgIpc) is 2.45. The van der Waals surface area contributed by atoms with E-state index >= 15 is 0 Å². The molecule has 1 unspecified atom stereocenters. The Morgan fingerprint density at radius 1 is 1.30 bits per heavy atom. The summed E-state index contributed by atoms with van der Waals surface area (Å²) < 4.78 is 13.2. The highest BCUT2D eigenvalue weighted by Crippen LogP contribution is 2.28. The molecule has 20 heavy (non-hydrogen) atoms. The zero-order valence-corrected chi connectivity index (χ0v) is 12.5. The monoisotopic (exact) mass is 278 g/mol. The van der Waals surface area contributed by atoms with Gasteiger partial charge in [0.25, 0.3) is 0 Å². The lowest BCUT2D eigenvalue weighted by atomic mass is 9.84. The van der Waals surface area contributed by atoms with Crippen LogP contribution in [0.2, 0.25) is 0 Å². The lowest BCUT2D eigenvalue weighted by Crippen LogP contribution is -2.39. The van der Waals surface area contributed by atoms with Gasteiger partial charge in [-0.1, -0.05) is 44.2 Å². The van der Waals surface area contributed by atoms with Gasteiger partial charge in [-0.15, -0.1) is 0 Å². The molecule has 0 aliphatic heterocycles. The van der Waals surface area contributed by atoms with Crippen LogP contribution in [0.1, 0.15) is 44.1 Å². The zero-order chi connectivity index (χ0) is 14.4. The second-order valence-corrected chi connectivity index (χ2v) is 6.17. The predicted molar refractivity (Wildman–Crippen MR) is 81.9 cm³/mol. The second-order valence-electron chi connectivity index (χ2n) is 6.17. The smallest absolute Gasteiger partial charge is 0.123 e. The molecule has 3 heteroatoms. The first-order valence-electron chi connectivity index (χ1n) is 7.84. The van der Waals surface area contributed by atoms with Crippen molar-refractivity contribution in [3.05, 3.63) is 35.6 Å². The molecule has 2 nitrogen and oxygen atoms in total. The fourth-order valence-corrected chi connectivity index (χ4v) is 3.32. The second kappa shape index (κ2) is 7.75. The van der Waals surface area contributed by atoms with Crippen molar-refractivity contribution in [3.8, 4) is 0 Å². The number of rotatable bonds is 6. The van der Waals surface area contributed by atoms with Crippen LogP contribution in [0.15, 0.2) is 24.3 Å². The van der Waals surface area contributed by atoms with E-state index in [0.29, 0.717) is 12.6 Å². The Morgan fingerprint density at radius 3 is 2.70 bits per heavy atom. The minimum absolute atomic E-state index is 0.160. The Labute approximate surface area is 122 Å². The summed E-state index contributed by atoms with van der Waals surface area (Å²) in [6.45, 7) is 1.45. The summed E-state index contributed by atoms with van der Waals surface area (Å²) in [4.78, 5) is 2.28. The lowest BCUT2D eigenvalue weighted by Gasteiger charge is -2.32. The Kier molecular flexibility index (Phi) is 5.99. The third kappa shape index (κ3) is 4.57. The summed E-state index contributed by atoms with van der Waals surface area (Å²) in [7, 11) is 2.10. The summed E-state index contributed by atoms with van der Waals surface area (Å²) in [5, 5.41) is 0. The van der Waals surface area contributed by atoms with E-state index < -0.39 is 0 Å². The Hall–Kier alpha value is -0.930. The van der Waals surface area contributed by atoms with Crippen LogP contribution in [0, 0.1) is 11.7 Å². The molecule has 1 fully saturated rings. The van der Waals surface area contributed by atoms with E-state index in [-0.39, 0.29) is 5.82 Å². The van der Waals surface area contributed by atoms with Crippen LogP contribution in [-0.2, 0) is 6.54 Å². The van der Waals surface area contributed by atoms with Crippen LogP contribution in [0.25, 0.3) is 0 Å². The molecule has 1 aromatic rings. The summed E-state index contributed by atoms with van der Waals surface area (Å²) in [6, 6.07) is 7.27. The van der Waals surface area contributed by atoms with E-state index in [4.69, 9.17) is 5.73 Å². The van der Waals surface area contributed by atoms with Crippen LogP contribution in [0.3, 0.4) is 0 Å². The minimum Gasteiger partial charge on any atom is -0.329 e. The minimum atomic E-state index is -0.160. The van der Waals surface area contributed by atoms with Crippen molar-refractivity contribution in [2.75, 3.05) is 13.6 Å². The summed E-state index contributed by atoms with van der Waals surface area (Å²) in [5.74, 6) is 0.666. The molecule has 0 heterocycles. The number of benzene rings is 1. The van der Waals surface area contributed by atoms with Gasteiger partial charge >= 0.3 is 0 Å². The zero-order valence-electron chi connectivity index (χ0n) is 12.5. The van der Waals surface area contributed by atoms with Crippen LogP contribution in [-0.4, -0.2) is 24.5 Å². The molecule has 112 valence electrons. The lowest BCUT2D eigenvalue weighted by molar-refractivity contribution is 0.185. The first kappa shape index (κ1) is 15.5. The Balaban J connectivity index is 1.89. The number of likely N-dealkylation sites (N-methyl/N-ethyl adjacent to an activating group) is 1. The van der Waals surface area contributed by atoms with E-state index in [1.807, 2.05) is 6.07 Å². The molecule has 1 saturated carbocycles. The van der Waals surface area contributed by atoms with E-state index in [9.17, 15) is 4.39 Å². The SMILES string of the molecule is CN(Cc1cccc(F)c1)C(CN)CC1CCCCC1. The molecule has 2 rings (SSSR count). The molecule has 0 aromatic heterocycles. The van der Waals surface area contributed by atoms with Crippen molar-refractivity contribution in [1.29, 1.82) is 0 Å². The van der Waals surface area contributed by atoms with Gasteiger partial charge in [0.2, 0.25) is 0 Å². The number of halogens is 1. The van der Waals surface area contributed by atoms with Gasteiger partial charge in [0.15, 0.2) is 0 Å². The molecule has 1 aromatic carbocycles. The van der Waals surface area contributed by atoms with Crippen LogP contribution >= 0.6 is 0 Å². The van der Waals surface area contributed by atoms with Gasteiger partial charge in [-0.05, 0) is 37.1 Å². The van der Waals surface area contributed by atoms with Gasteiger partial charge in [0, 0.05) is 19.1 Å². The Morgan fingerprint density at radius 2 is 2.05 bits per heavy atom. The van der Waals surface area contributed by atoms with Gasteiger partial charge in [-0.3, -0.25) is 4.90 Å². The fraction of sp³-hybridized carbons (Fsp3) is 0.647. The molecule has 0 spiro atoms. The summed E-state index contributed by atoms with van der Waals surface area (Å²) in [5.41, 5.74) is 6.98. The highest BCUT2D eigenvalue weighted by atomic mass is 19.1. The van der Waals surface area contributed by atoms with Crippen LogP contribution in [0.4, 0.5) is 4.39 Å². The van der Waals surface area contributed by atoms with Crippen molar-refractivity contribution in [2.24, 2.45) is 11.7 Å². The maximum Gasteiger partial charge on any atom is 0.123 e. The maximum atomic E-state index is 13.2. The van der Waals surface area contributed by atoms with E-state index in [2.05, 4.69) is 11.9 Å². The van der Waals surface area contributed by atoms with Crippen molar-refractivity contribution in [1.82, 2.24) is 4.90 Å². The van der Waals surface area contributed by atoms with E-state index in [1.54, 1.807) is 12.1 Å². The molecule has 2 N–H and O–H groups in total. The molecule has 0 radical (unpaired) electrons. The molecule has 1 aliphatic rings. The molecule has 0 bridgehead atoms.